The lowest BCUT2D eigenvalue weighted by Gasteiger charge is -2.49. The number of allylic oxidation sites excluding steroid dienone is 1. The van der Waals surface area contributed by atoms with E-state index in [9.17, 15) is 9.90 Å². The van der Waals surface area contributed by atoms with Crippen LogP contribution in [0.25, 0.3) is 0 Å². The average Bonchev–Trinajstić information content (AvgIpc) is 2.25. The Morgan fingerprint density at radius 3 is 2.88 bits per heavy atom. The lowest BCUT2D eigenvalue weighted by atomic mass is 9.56. The number of aliphatic hydroxyl groups is 1. The fourth-order valence-electron chi connectivity index (χ4n) is 3.16. The van der Waals surface area contributed by atoms with Gasteiger partial charge in [-0.15, -0.1) is 12.3 Å². The molecule has 0 aromatic rings. The van der Waals surface area contributed by atoms with E-state index in [0.717, 1.165) is 19.3 Å². The van der Waals surface area contributed by atoms with E-state index in [1.54, 1.807) is 6.92 Å². The average molecular weight is 218 g/mol. The summed E-state index contributed by atoms with van der Waals surface area (Å²) < 4.78 is 0. The second-order valence-corrected chi connectivity index (χ2v) is 5.54. The van der Waals surface area contributed by atoms with Crippen LogP contribution in [0.1, 0.15) is 33.1 Å². The second-order valence-electron chi connectivity index (χ2n) is 5.54. The Hall–Kier alpha value is -1.07. The molecule has 2 rings (SSSR count). The largest absolute Gasteiger partial charge is 0.382 e. The van der Waals surface area contributed by atoms with Crippen molar-refractivity contribution < 1.29 is 9.90 Å². The number of rotatable bonds is 0. The predicted octanol–water partition coefficient (Wildman–Crippen LogP) is 1.93. The minimum absolute atomic E-state index is 0.0488. The van der Waals surface area contributed by atoms with E-state index in [0.29, 0.717) is 0 Å². The van der Waals surface area contributed by atoms with Crippen molar-refractivity contribution in [2.24, 2.45) is 17.3 Å². The van der Waals surface area contributed by atoms with Gasteiger partial charge in [-0.05, 0) is 37.7 Å². The van der Waals surface area contributed by atoms with Crippen LogP contribution in [-0.2, 0) is 4.79 Å². The Balaban J connectivity index is 2.38. The zero-order valence-electron chi connectivity index (χ0n) is 9.86. The summed E-state index contributed by atoms with van der Waals surface area (Å²) in [5.41, 5.74) is -1.33. The van der Waals surface area contributed by atoms with Crippen molar-refractivity contribution in [3.05, 3.63) is 12.2 Å². The molecule has 0 heterocycles. The van der Waals surface area contributed by atoms with Gasteiger partial charge in [0.05, 0.1) is 0 Å². The van der Waals surface area contributed by atoms with E-state index in [1.807, 2.05) is 6.08 Å². The predicted molar refractivity (Wildman–Crippen MR) is 62.5 cm³/mol. The monoisotopic (exact) mass is 218 g/mol. The first-order valence-corrected chi connectivity index (χ1v) is 5.82. The highest BCUT2D eigenvalue weighted by molar-refractivity contribution is 5.98. The van der Waals surface area contributed by atoms with Gasteiger partial charge in [-0.1, -0.05) is 13.0 Å². The summed E-state index contributed by atoms with van der Waals surface area (Å²) >= 11 is 0. The van der Waals surface area contributed by atoms with Gasteiger partial charge in [0.2, 0.25) is 0 Å². The van der Waals surface area contributed by atoms with E-state index >= 15 is 0 Å². The Kier molecular flexibility index (Phi) is 2.47. The molecule has 4 atom stereocenters. The molecule has 2 heteroatoms. The van der Waals surface area contributed by atoms with E-state index in [2.05, 4.69) is 12.8 Å². The molecule has 2 nitrogen and oxygen atoms in total. The van der Waals surface area contributed by atoms with Crippen molar-refractivity contribution in [2.75, 3.05) is 0 Å². The van der Waals surface area contributed by atoms with Gasteiger partial charge in [-0.2, -0.15) is 0 Å². The quantitative estimate of drug-likeness (QED) is 0.631. The maximum atomic E-state index is 11.7. The van der Waals surface area contributed by atoms with E-state index in [1.165, 1.54) is 6.08 Å². The van der Waals surface area contributed by atoms with Crippen molar-refractivity contribution in [3.8, 4) is 12.3 Å². The van der Waals surface area contributed by atoms with E-state index < -0.39 is 5.60 Å². The summed E-state index contributed by atoms with van der Waals surface area (Å²) in [6.45, 7) is 3.74. The molecule has 2 aliphatic rings. The number of hydrogen-bond donors (Lipinski definition) is 1. The summed E-state index contributed by atoms with van der Waals surface area (Å²) in [7, 11) is 0. The van der Waals surface area contributed by atoms with Gasteiger partial charge >= 0.3 is 0 Å². The van der Waals surface area contributed by atoms with Gasteiger partial charge in [-0.3, -0.25) is 4.79 Å². The van der Waals surface area contributed by atoms with Crippen LogP contribution in [0, 0.1) is 29.6 Å². The number of carbonyl (C=O) groups is 1. The standard InChI is InChI=1S/C14H18O2/c1-4-10-5-7-13(2)8-6-12(15)14(3,16)11(13)9-10/h1,6,8,10-11,16H,5,7,9H2,2-3H3/t10-,11+,13-,14+/m1/s1. The summed E-state index contributed by atoms with van der Waals surface area (Å²) in [5.74, 6) is 2.72. The molecule has 86 valence electrons. The Morgan fingerprint density at radius 2 is 2.25 bits per heavy atom. The number of hydrogen-bond acceptors (Lipinski definition) is 2. The summed E-state index contributed by atoms with van der Waals surface area (Å²) in [4.78, 5) is 11.7. The lowest BCUT2D eigenvalue weighted by molar-refractivity contribution is -0.146. The highest BCUT2D eigenvalue weighted by Crippen LogP contribution is 2.51. The van der Waals surface area contributed by atoms with Crippen molar-refractivity contribution in [2.45, 2.75) is 38.7 Å². The Morgan fingerprint density at radius 1 is 1.56 bits per heavy atom. The van der Waals surface area contributed by atoms with Crippen LogP contribution in [-0.4, -0.2) is 16.5 Å². The van der Waals surface area contributed by atoms with Gasteiger partial charge in [0.1, 0.15) is 5.60 Å². The SMILES string of the molecule is C#C[C@@H]1CC[C@]2(C)C=CC(=O)[C@@](C)(O)[C@H]2C1. The fourth-order valence-corrected chi connectivity index (χ4v) is 3.16. The van der Waals surface area contributed by atoms with Crippen LogP contribution >= 0.6 is 0 Å². The Labute approximate surface area is 96.7 Å². The molecule has 1 N–H and O–H groups in total. The summed E-state index contributed by atoms with van der Waals surface area (Å²) in [5, 5.41) is 10.3. The highest BCUT2D eigenvalue weighted by atomic mass is 16.3. The number of carbonyl (C=O) groups excluding carboxylic acids is 1. The molecule has 1 fully saturated rings. The van der Waals surface area contributed by atoms with Gasteiger partial charge in [0, 0.05) is 11.8 Å². The normalized spacial score (nSPS) is 47.2. The first-order chi connectivity index (χ1) is 7.40. The third-order valence-electron chi connectivity index (χ3n) is 4.38. The number of ketones is 1. The molecule has 0 aliphatic heterocycles. The molecule has 16 heavy (non-hydrogen) atoms. The topological polar surface area (TPSA) is 37.3 Å². The molecule has 2 aliphatic carbocycles. The van der Waals surface area contributed by atoms with Crippen LogP contribution in [0.3, 0.4) is 0 Å². The van der Waals surface area contributed by atoms with Crippen LogP contribution < -0.4 is 0 Å². The lowest BCUT2D eigenvalue weighted by Crippen LogP contribution is -2.54. The van der Waals surface area contributed by atoms with Crippen LogP contribution in [0.15, 0.2) is 12.2 Å². The minimum Gasteiger partial charge on any atom is -0.382 e. The summed E-state index contributed by atoms with van der Waals surface area (Å²) in [6.07, 6.45) is 11.6. The molecule has 0 radical (unpaired) electrons. The molecule has 0 bridgehead atoms. The third-order valence-corrected chi connectivity index (χ3v) is 4.38. The number of terminal acetylenes is 1. The van der Waals surface area contributed by atoms with Gasteiger partial charge in [0.15, 0.2) is 5.78 Å². The molecular formula is C14H18O2. The van der Waals surface area contributed by atoms with Crippen LogP contribution in [0.2, 0.25) is 0 Å². The smallest absolute Gasteiger partial charge is 0.186 e. The van der Waals surface area contributed by atoms with Gasteiger partial charge in [0.25, 0.3) is 0 Å². The van der Waals surface area contributed by atoms with Crippen LogP contribution in [0.5, 0.6) is 0 Å². The molecule has 0 aromatic carbocycles. The first kappa shape index (κ1) is 11.4. The maximum absolute atomic E-state index is 11.7. The van der Waals surface area contributed by atoms with E-state index in [-0.39, 0.29) is 23.0 Å². The van der Waals surface area contributed by atoms with Crippen molar-refractivity contribution >= 4 is 5.78 Å². The third kappa shape index (κ3) is 1.51. The van der Waals surface area contributed by atoms with Crippen molar-refractivity contribution in [1.29, 1.82) is 0 Å². The maximum Gasteiger partial charge on any atom is 0.186 e. The molecular weight excluding hydrogens is 200 g/mol. The zero-order chi connectivity index (χ0) is 12.0. The minimum atomic E-state index is -1.25. The molecule has 0 aromatic heterocycles. The van der Waals surface area contributed by atoms with Crippen molar-refractivity contribution in [3.63, 3.8) is 0 Å². The molecule has 0 unspecified atom stereocenters. The van der Waals surface area contributed by atoms with Crippen molar-refractivity contribution in [1.82, 2.24) is 0 Å². The van der Waals surface area contributed by atoms with Gasteiger partial charge in [-0.25, -0.2) is 0 Å². The summed E-state index contributed by atoms with van der Waals surface area (Å²) in [6, 6.07) is 0. The molecule has 0 amide bonds. The zero-order valence-corrected chi connectivity index (χ0v) is 9.86. The van der Waals surface area contributed by atoms with Gasteiger partial charge < -0.3 is 5.11 Å². The van der Waals surface area contributed by atoms with E-state index in [4.69, 9.17) is 6.42 Å². The molecule has 0 saturated heterocycles. The molecule has 0 spiro atoms. The fraction of sp³-hybridized carbons (Fsp3) is 0.643. The molecule has 1 saturated carbocycles. The Bertz CT molecular complexity index is 386. The second kappa shape index (κ2) is 3.46. The highest BCUT2D eigenvalue weighted by Gasteiger charge is 2.52. The van der Waals surface area contributed by atoms with Crippen LogP contribution in [0.4, 0.5) is 0 Å². The number of fused-ring (bicyclic) bond motifs is 1. The first-order valence-electron chi connectivity index (χ1n) is 5.82.